The van der Waals surface area contributed by atoms with Crippen molar-refractivity contribution in [3.63, 3.8) is 0 Å². The van der Waals surface area contributed by atoms with E-state index in [0.29, 0.717) is 28.3 Å². The van der Waals surface area contributed by atoms with Crippen molar-refractivity contribution in [3.05, 3.63) is 28.2 Å². The second-order valence-electron chi connectivity index (χ2n) is 5.43. The largest absolute Gasteiger partial charge is 0.325 e. The van der Waals surface area contributed by atoms with E-state index in [-0.39, 0.29) is 5.91 Å². The molecule has 1 amide bonds. The number of nitrogens with zero attached hydrogens (tertiary/aromatic N) is 1. The van der Waals surface area contributed by atoms with Crippen molar-refractivity contribution < 1.29 is 4.79 Å². The molecule has 1 atom stereocenters. The zero-order valence-corrected chi connectivity index (χ0v) is 13.7. The molecule has 1 aliphatic rings. The first-order chi connectivity index (χ1) is 10.1. The molecular weight excluding hydrogens is 309 g/mol. The normalized spacial score (nSPS) is 19.3. The number of nitrogens with one attached hydrogen (secondary N) is 2. The minimum Gasteiger partial charge on any atom is -0.325 e. The van der Waals surface area contributed by atoms with Crippen LogP contribution in [0.25, 0.3) is 0 Å². The van der Waals surface area contributed by atoms with Gasteiger partial charge in [-0.3, -0.25) is 9.69 Å². The molecule has 116 valence electrons. The van der Waals surface area contributed by atoms with Gasteiger partial charge in [-0.15, -0.1) is 0 Å². The van der Waals surface area contributed by atoms with Gasteiger partial charge in [0, 0.05) is 11.7 Å². The number of benzene rings is 1. The molecule has 0 aromatic heterocycles. The fraction of sp³-hybridized carbons (Fsp3) is 0.533. The van der Waals surface area contributed by atoms with E-state index in [2.05, 4.69) is 15.5 Å². The third kappa shape index (κ3) is 5.15. The van der Waals surface area contributed by atoms with Crippen LogP contribution in [0.15, 0.2) is 18.2 Å². The summed E-state index contributed by atoms with van der Waals surface area (Å²) in [4.78, 5) is 14.2. The van der Waals surface area contributed by atoms with Gasteiger partial charge in [-0.1, -0.05) is 23.2 Å². The molecule has 6 heteroatoms. The average Bonchev–Trinajstić information content (AvgIpc) is 2.72. The number of likely N-dealkylation sites (N-methyl/N-ethyl adjacent to an activating group) is 1. The molecule has 0 spiro atoms. The number of amides is 1. The van der Waals surface area contributed by atoms with Crippen LogP contribution in [-0.2, 0) is 4.79 Å². The van der Waals surface area contributed by atoms with Crippen molar-refractivity contribution in [1.29, 1.82) is 0 Å². The summed E-state index contributed by atoms with van der Waals surface area (Å²) in [5, 5.41) is 7.16. The molecule has 0 saturated carbocycles. The van der Waals surface area contributed by atoms with Crippen molar-refractivity contribution in [1.82, 2.24) is 10.2 Å². The van der Waals surface area contributed by atoms with Gasteiger partial charge in [0.25, 0.3) is 0 Å². The fourth-order valence-corrected chi connectivity index (χ4v) is 2.87. The number of anilines is 1. The van der Waals surface area contributed by atoms with Gasteiger partial charge in [-0.25, -0.2) is 0 Å². The molecule has 2 rings (SSSR count). The number of hydrogen-bond donors (Lipinski definition) is 2. The van der Waals surface area contributed by atoms with Crippen molar-refractivity contribution in [3.8, 4) is 0 Å². The van der Waals surface area contributed by atoms with Crippen molar-refractivity contribution >= 4 is 34.8 Å². The maximum Gasteiger partial charge on any atom is 0.238 e. The van der Waals surface area contributed by atoms with Gasteiger partial charge in [0.2, 0.25) is 5.91 Å². The van der Waals surface area contributed by atoms with Crippen molar-refractivity contribution in [2.75, 3.05) is 32.0 Å². The lowest BCUT2D eigenvalue weighted by Crippen LogP contribution is -2.38. The Bertz CT molecular complexity index is 488. The van der Waals surface area contributed by atoms with Gasteiger partial charge in [-0.2, -0.15) is 0 Å². The second-order valence-corrected chi connectivity index (χ2v) is 6.24. The molecule has 0 bridgehead atoms. The van der Waals surface area contributed by atoms with Crippen LogP contribution < -0.4 is 10.6 Å². The molecule has 1 unspecified atom stereocenters. The van der Waals surface area contributed by atoms with Crippen LogP contribution in [0, 0.1) is 0 Å². The summed E-state index contributed by atoms with van der Waals surface area (Å²) in [6, 6.07) is 5.55. The second kappa shape index (κ2) is 7.99. The predicted molar refractivity (Wildman–Crippen MR) is 88.2 cm³/mol. The topological polar surface area (TPSA) is 44.4 Å². The number of rotatable bonds is 4. The van der Waals surface area contributed by atoms with E-state index in [1.54, 1.807) is 18.2 Å². The Morgan fingerprint density at radius 2 is 2.14 bits per heavy atom. The van der Waals surface area contributed by atoms with E-state index >= 15 is 0 Å². The minimum absolute atomic E-state index is 0.0342. The van der Waals surface area contributed by atoms with E-state index in [1.807, 2.05) is 7.05 Å². The Labute approximate surface area is 135 Å². The monoisotopic (exact) mass is 329 g/mol. The van der Waals surface area contributed by atoms with Gasteiger partial charge in [0.15, 0.2) is 0 Å². The summed E-state index contributed by atoms with van der Waals surface area (Å²) in [5.74, 6) is -0.0342. The number of halogens is 2. The zero-order chi connectivity index (χ0) is 15.2. The minimum atomic E-state index is -0.0342. The lowest BCUT2D eigenvalue weighted by atomic mass is 10.1. The molecule has 0 radical (unpaired) electrons. The van der Waals surface area contributed by atoms with Gasteiger partial charge in [0.1, 0.15) is 0 Å². The smallest absolute Gasteiger partial charge is 0.238 e. The van der Waals surface area contributed by atoms with Crippen LogP contribution in [0.5, 0.6) is 0 Å². The molecule has 1 aliphatic heterocycles. The fourth-order valence-electron chi connectivity index (χ4n) is 2.57. The molecule has 2 N–H and O–H groups in total. The summed E-state index contributed by atoms with van der Waals surface area (Å²) in [6.07, 6.45) is 3.36. The number of carbonyl (C=O) groups excluding carboxylic acids is 1. The average molecular weight is 330 g/mol. The van der Waals surface area contributed by atoms with Gasteiger partial charge < -0.3 is 10.6 Å². The summed E-state index contributed by atoms with van der Waals surface area (Å²) < 4.78 is 0. The maximum absolute atomic E-state index is 12.1. The zero-order valence-electron chi connectivity index (χ0n) is 12.2. The summed E-state index contributed by atoms with van der Waals surface area (Å²) >= 11 is 11.8. The summed E-state index contributed by atoms with van der Waals surface area (Å²) in [7, 11) is 2.00. The molecule has 0 aliphatic carbocycles. The molecule has 21 heavy (non-hydrogen) atoms. The molecule has 1 aromatic carbocycles. The van der Waals surface area contributed by atoms with Crippen LogP contribution in [0.3, 0.4) is 0 Å². The van der Waals surface area contributed by atoms with Gasteiger partial charge in [0.05, 0.1) is 16.6 Å². The quantitative estimate of drug-likeness (QED) is 0.892. The Hall–Kier alpha value is -0.810. The van der Waals surface area contributed by atoms with Crippen LogP contribution in [-0.4, -0.2) is 43.5 Å². The third-order valence-corrected chi connectivity index (χ3v) is 4.50. The van der Waals surface area contributed by atoms with Gasteiger partial charge >= 0.3 is 0 Å². The van der Waals surface area contributed by atoms with E-state index in [1.165, 1.54) is 0 Å². The Kier molecular flexibility index (Phi) is 6.30. The lowest BCUT2D eigenvalue weighted by Gasteiger charge is -2.26. The highest BCUT2D eigenvalue weighted by Gasteiger charge is 2.18. The molecule has 1 heterocycles. The number of hydrogen-bond acceptors (Lipinski definition) is 3. The van der Waals surface area contributed by atoms with E-state index < -0.39 is 0 Å². The molecule has 1 saturated heterocycles. The Morgan fingerprint density at radius 1 is 1.33 bits per heavy atom. The predicted octanol–water partition coefficient (Wildman–Crippen LogP) is 3.01. The molecule has 1 fully saturated rings. The van der Waals surface area contributed by atoms with Crippen LogP contribution >= 0.6 is 23.2 Å². The van der Waals surface area contributed by atoms with Gasteiger partial charge in [-0.05, 0) is 57.6 Å². The first kappa shape index (κ1) is 16.6. The van der Waals surface area contributed by atoms with E-state index in [9.17, 15) is 4.79 Å². The highest BCUT2D eigenvalue weighted by Crippen LogP contribution is 2.25. The lowest BCUT2D eigenvalue weighted by molar-refractivity contribution is -0.117. The summed E-state index contributed by atoms with van der Waals surface area (Å²) in [5.41, 5.74) is 0.672. The van der Waals surface area contributed by atoms with Crippen LogP contribution in [0.2, 0.25) is 10.0 Å². The third-order valence-electron chi connectivity index (χ3n) is 3.76. The van der Waals surface area contributed by atoms with E-state index in [0.717, 1.165) is 32.4 Å². The SMILES string of the molecule is CN(CC(=O)Nc1ccc(Cl)c(Cl)c1)C1CCCNCC1. The van der Waals surface area contributed by atoms with Crippen LogP contribution in [0.4, 0.5) is 5.69 Å². The van der Waals surface area contributed by atoms with E-state index in [4.69, 9.17) is 23.2 Å². The van der Waals surface area contributed by atoms with Crippen molar-refractivity contribution in [2.45, 2.75) is 25.3 Å². The maximum atomic E-state index is 12.1. The Morgan fingerprint density at radius 3 is 2.90 bits per heavy atom. The molecule has 4 nitrogen and oxygen atoms in total. The first-order valence-corrected chi connectivity index (χ1v) is 7.97. The van der Waals surface area contributed by atoms with Crippen LogP contribution in [0.1, 0.15) is 19.3 Å². The molecule has 1 aromatic rings. The molecular formula is C15H21Cl2N3O. The number of carbonyl (C=O) groups is 1. The standard InChI is InChI=1S/C15H21Cl2N3O/c1-20(12-3-2-7-18-8-6-12)10-15(21)19-11-4-5-13(16)14(17)9-11/h4-5,9,12,18H,2-3,6-8,10H2,1H3,(H,19,21). The first-order valence-electron chi connectivity index (χ1n) is 7.22. The highest BCUT2D eigenvalue weighted by molar-refractivity contribution is 6.42. The Balaban J connectivity index is 1.86. The van der Waals surface area contributed by atoms with Crippen molar-refractivity contribution in [2.24, 2.45) is 0 Å². The summed E-state index contributed by atoms with van der Waals surface area (Å²) in [6.45, 7) is 2.47. The highest BCUT2D eigenvalue weighted by atomic mass is 35.5.